The number of carbonyl (C=O) groups is 2. The van der Waals surface area contributed by atoms with E-state index in [9.17, 15) is 9.59 Å². The number of fused-ring (bicyclic) bond motifs is 1. The summed E-state index contributed by atoms with van der Waals surface area (Å²) in [7, 11) is 1.61. The molecule has 2 heterocycles. The zero-order valence-corrected chi connectivity index (χ0v) is 16.6. The number of hydrogen-bond acceptors (Lipinski definition) is 4. The number of nitrogens with one attached hydrogen (secondary N) is 2. The fourth-order valence-electron chi connectivity index (χ4n) is 3.12. The molecule has 1 aromatic heterocycles. The average Bonchev–Trinajstić information content (AvgIpc) is 3.23. The molecule has 1 unspecified atom stereocenters. The highest BCUT2D eigenvalue weighted by Crippen LogP contribution is 2.36. The SMILES string of the molecule is COc1ccc(-c2cnn3c2NC(=O)C3CC(=O)Nc2ccc(Br)cc2)cc1. The summed E-state index contributed by atoms with van der Waals surface area (Å²) in [6, 6.07) is 14.1. The molecule has 0 spiro atoms. The molecular weight excluding hydrogens is 424 g/mol. The van der Waals surface area contributed by atoms with Gasteiger partial charge in [0.25, 0.3) is 5.91 Å². The number of anilines is 2. The van der Waals surface area contributed by atoms with E-state index in [2.05, 4.69) is 31.7 Å². The molecule has 0 aliphatic carbocycles. The first kappa shape index (κ1) is 18.2. The number of halogens is 1. The van der Waals surface area contributed by atoms with Gasteiger partial charge in [-0.25, -0.2) is 4.68 Å². The van der Waals surface area contributed by atoms with Gasteiger partial charge in [-0.15, -0.1) is 0 Å². The molecule has 2 aromatic carbocycles. The summed E-state index contributed by atoms with van der Waals surface area (Å²) in [5.74, 6) is 0.844. The first-order chi connectivity index (χ1) is 13.5. The van der Waals surface area contributed by atoms with E-state index in [1.807, 2.05) is 36.4 Å². The Balaban J connectivity index is 1.52. The maximum Gasteiger partial charge on any atom is 0.251 e. The number of carbonyl (C=O) groups excluding carboxylic acids is 2. The van der Waals surface area contributed by atoms with Crippen molar-refractivity contribution in [2.75, 3.05) is 17.7 Å². The van der Waals surface area contributed by atoms with Gasteiger partial charge in [0.2, 0.25) is 5.91 Å². The van der Waals surface area contributed by atoms with Crippen molar-refractivity contribution in [2.45, 2.75) is 12.5 Å². The van der Waals surface area contributed by atoms with Crippen molar-refractivity contribution in [3.05, 3.63) is 59.2 Å². The van der Waals surface area contributed by atoms with Crippen LogP contribution in [0.5, 0.6) is 5.75 Å². The Bertz CT molecular complexity index is 1030. The van der Waals surface area contributed by atoms with Gasteiger partial charge >= 0.3 is 0 Å². The largest absolute Gasteiger partial charge is 0.497 e. The van der Waals surface area contributed by atoms with E-state index < -0.39 is 6.04 Å². The van der Waals surface area contributed by atoms with Crippen LogP contribution >= 0.6 is 15.9 Å². The van der Waals surface area contributed by atoms with Crippen LogP contribution in [0.1, 0.15) is 12.5 Å². The smallest absolute Gasteiger partial charge is 0.251 e. The van der Waals surface area contributed by atoms with Gasteiger partial charge in [0, 0.05) is 15.7 Å². The third-order valence-electron chi connectivity index (χ3n) is 4.54. The Morgan fingerprint density at radius 3 is 2.61 bits per heavy atom. The number of benzene rings is 2. The number of hydrogen-bond donors (Lipinski definition) is 2. The van der Waals surface area contributed by atoms with Crippen molar-refractivity contribution in [3.8, 4) is 16.9 Å². The maximum atomic E-state index is 12.4. The summed E-state index contributed by atoms with van der Waals surface area (Å²) < 4.78 is 7.67. The second-order valence-corrected chi connectivity index (χ2v) is 7.26. The molecule has 2 N–H and O–H groups in total. The number of rotatable bonds is 5. The predicted molar refractivity (Wildman–Crippen MR) is 109 cm³/mol. The Kier molecular flexibility index (Phi) is 4.87. The molecule has 28 heavy (non-hydrogen) atoms. The summed E-state index contributed by atoms with van der Waals surface area (Å²) in [6.45, 7) is 0. The third-order valence-corrected chi connectivity index (χ3v) is 5.07. The lowest BCUT2D eigenvalue weighted by Crippen LogP contribution is -2.23. The molecule has 4 rings (SSSR count). The number of ether oxygens (including phenoxy) is 1. The standard InChI is InChI=1S/C20H17BrN4O3/c1-28-15-8-2-12(3-9-15)16-11-22-25-17(20(27)24-19(16)25)10-18(26)23-14-6-4-13(21)5-7-14/h2-9,11,17H,10H2,1H3,(H,23,26)(H,24,27). The van der Waals surface area contributed by atoms with Gasteiger partial charge in [0.15, 0.2) is 0 Å². The number of amides is 2. The molecule has 2 amide bonds. The molecule has 0 radical (unpaired) electrons. The Hall–Kier alpha value is -3.13. The van der Waals surface area contributed by atoms with Gasteiger partial charge in [-0.1, -0.05) is 28.1 Å². The van der Waals surface area contributed by atoms with Crippen molar-refractivity contribution >= 4 is 39.2 Å². The van der Waals surface area contributed by atoms with E-state index in [-0.39, 0.29) is 18.2 Å². The van der Waals surface area contributed by atoms with Gasteiger partial charge in [0.05, 0.1) is 19.7 Å². The molecule has 8 heteroatoms. The number of nitrogens with zero attached hydrogens (tertiary/aromatic N) is 2. The summed E-state index contributed by atoms with van der Waals surface area (Å²) in [5, 5.41) is 9.98. The molecule has 1 atom stereocenters. The monoisotopic (exact) mass is 440 g/mol. The van der Waals surface area contributed by atoms with Crippen LogP contribution in [-0.4, -0.2) is 28.7 Å². The normalized spacial score (nSPS) is 15.1. The number of methoxy groups -OCH3 is 1. The van der Waals surface area contributed by atoms with Crippen molar-refractivity contribution in [2.24, 2.45) is 0 Å². The molecule has 0 saturated carbocycles. The van der Waals surface area contributed by atoms with Crippen LogP contribution in [0.2, 0.25) is 0 Å². The van der Waals surface area contributed by atoms with Gasteiger partial charge in [-0.05, 0) is 42.0 Å². The van der Waals surface area contributed by atoms with E-state index in [0.29, 0.717) is 11.5 Å². The van der Waals surface area contributed by atoms with Gasteiger partial charge in [-0.2, -0.15) is 5.10 Å². The van der Waals surface area contributed by atoms with E-state index >= 15 is 0 Å². The lowest BCUT2D eigenvalue weighted by Gasteiger charge is -2.10. The zero-order chi connectivity index (χ0) is 19.7. The van der Waals surface area contributed by atoms with Gasteiger partial charge < -0.3 is 15.4 Å². The predicted octanol–water partition coefficient (Wildman–Crippen LogP) is 3.84. The van der Waals surface area contributed by atoms with Crippen LogP contribution in [0, 0.1) is 0 Å². The maximum absolute atomic E-state index is 12.4. The number of aromatic nitrogens is 2. The average molecular weight is 441 g/mol. The van der Waals surface area contributed by atoms with Crippen molar-refractivity contribution < 1.29 is 14.3 Å². The van der Waals surface area contributed by atoms with E-state index in [4.69, 9.17) is 4.74 Å². The summed E-state index contributed by atoms with van der Waals surface area (Å²) in [6.07, 6.45) is 1.69. The van der Waals surface area contributed by atoms with E-state index in [1.165, 1.54) is 0 Å². The fraction of sp³-hybridized carbons (Fsp3) is 0.150. The molecule has 142 valence electrons. The van der Waals surface area contributed by atoms with Crippen LogP contribution in [0.4, 0.5) is 11.5 Å². The van der Waals surface area contributed by atoms with Crippen molar-refractivity contribution in [1.82, 2.24) is 9.78 Å². The highest BCUT2D eigenvalue weighted by molar-refractivity contribution is 9.10. The van der Waals surface area contributed by atoms with Crippen LogP contribution < -0.4 is 15.4 Å². The molecule has 7 nitrogen and oxygen atoms in total. The first-order valence-electron chi connectivity index (χ1n) is 8.63. The lowest BCUT2D eigenvalue weighted by molar-refractivity contribution is -0.123. The van der Waals surface area contributed by atoms with Crippen molar-refractivity contribution in [1.29, 1.82) is 0 Å². The Morgan fingerprint density at radius 1 is 1.21 bits per heavy atom. The lowest BCUT2D eigenvalue weighted by atomic mass is 10.1. The zero-order valence-electron chi connectivity index (χ0n) is 15.0. The van der Waals surface area contributed by atoms with Crippen molar-refractivity contribution in [3.63, 3.8) is 0 Å². The van der Waals surface area contributed by atoms with Gasteiger partial charge in [-0.3, -0.25) is 9.59 Å². The van der Waals surface area contributed by atoms with E-state index in [1.54, 1.807) is 30.1 Å². The Morgan fingerprint density at radius 2 is 1.93 bits per heavy atom. The Labute approximate surface area is 169 Å². The third kappa shape index (κ3) is 3.50. The van der Waals surface area contributed by atoms with Gasteiger partial charge in [0.1, 0.15) is 17.6 Å². The highest BCUT2D eigenvalue weighted by atomic mass is 79.9. The second-order valence-electron chi connectivity index (χ2n) is 6.34. The summed E-state index contributed by atoms with van der Waals surface area (Å²) >= 11 is 3.35. The summed E-state index contributed by atoms with van der Waals surface area (Å²) in [4.78, 5) is 24.8. The molecular formula is C20H17BrN4O3. The molecule has 0 bridgehead atoms. The first-order valence-corrected chi connectivity index (χ1v) is 9.42. The quantitative estimate of drug-likeness (QED) is 0.630. The minimum absolute atomic E-state index is 0.00136. The van der Waals surface area contributed by atoms with E-state index in [0.717, 1.165) is 21.3 Å². The molecule has 0 saturated heterocycles. The van der Waals surface area contributed by atoms with Crippen LogP contribution in [-0.2, 0) is 9.59 Å². The minimum Gasteiger partial charge on any atom is -0.497 e. The molecule has 1 aliphatic rings. The summed E-state index contributed by atoms with van der Waals surface area (Å²) in [5.41, 5.74) is 2.38. The molecule has 3 aromatic rings. The van der Waals surface area contributed by atoms with Crippen LogP contribution in [0.3, 0.4) is 0 Å². The molecule has 1 aliphatic heterocycles. The molecule has 0 fully saturated rings. The van der Waals surface area contributed by atoms with Crippen LogP contribution in [0.15, 0.2) is 59.2 Å². The minimum atomic E-state index is -0.683. The topological polar surface area (TPSA) is 85.2 Å². The highest BCUT2D eigenvalue weighted by Gasteiger charge is 2.35. The second kappa shape index (κ2) is 7.47. The fourth-order valence-corrected chi connectivity index (χ4v) is 3.38. The van der Waals surface area contributed by atoms with Crippen LogP contribution in [0.25, 0.3) is 11.1 Å².